The Bertz CT molecular complexity index is 681. The number of ether oxygens (including phenoxy) is 1. The second-order valence-corrected chi connectivity index (χ2v) is 8.32. The highest BCUT2D eigenvalue weighted by atomic mass is 32.2. The SMILES string of the molecule is CS(=O)(=O)NC[C@@H]1O[C@@H](CO)[C@@H](O)[C@H]1N1CCc2ccccc2C1. The standard InChI is InChI=1S/C16H24N2O5S/c1-24(21,22)17-8-13-15(16(20)14(10-19)23-13)18-7-6-11-4-2-3-5-12(11)9-18/h2-5,13-17,19-20H,6-10H2,1H3/t13-,14-,15-,16+/m0/s1. The predicted octanol–water partition coefficient (Wildman–Crippen LogP) is -0.917. The van der Waals surface area contributed by atoms with Gasteiger partial charge in [0, 0.05) is 19.6 Å². The van der Waals surface area contributed by atoms with Gasteiger partial charge in [-0.2, -0.15) is 0 Å². The van der Waals surface area contributed by atoms with E-state index < -0.39 is 28.3 Å². The van der Waals surface area contributed by atoms with Gasteiger partial charge in [0.05, 0.1) is 25.0 Å². The van der Waals surface area contributed by atoms with E-state index in [1.807, 2.05) is 12.1 Å². The molecule has 0 aliphatic carbocycles. The monoisotopic (exact) mass is 356 g/mol. The lowest BCUT2D eigenvalue weighted by atomic mass is 9.95. The molecule has 134 valence electrons. The lowest BCUT2D eigenvalue weighted by Gasteiger charge is -2.37. The third kappa shape index (κ3) is 3.79. The van der Waals surface area contributed by atoms with Gasteiger partial charge in [0.2, 0.25) is 10.0 Å². The number of rotatable bonds is 5. The fraction of sp³-hybridized carbons (Fsp3) is 0.625. The van der Waals surface area contributed by atoms with Crippen molar-refractivity contribution in [2.75, 3.05) is 26.0 Å². The van der Waals surface area contributed by atoms with Crippen molar-refractivity contribution in [2.24, 2.45) is 0 Å². The Labute approximate surface area is 142 Å². The smallest absolute Gasteiger partial charge is 0.208 e. The average molecular weight is 356 g/mol. The topological polar surface area (TPSA) is 99.1 Å². The van der Waals surface area contributed by atoms with E-state index in [0.717, 1.165) is 19.2 Å². The summed E-state index contributed by atoms with van der Waals surface area (Å²) < 4.78 is 30.9. The van der Waals surface area contributed by atoms with E-state index >= 15 is 0 Å². The van der Waals surface area contributed by atoms with Crippen LogP contribution in [0.4, 0.5) is 0 Å². The molecule has 3 N–H and O–H groups in total. The molecule has 24 heavy (non-hydrogen) atoms. The first-order valence-corrected chi connectivity index (χ1v) is 9.98. The van der Waals surface area contributed by atoms with Crippen LogP contribution in [0, 0.1) is 0 Å². The highest BCUT2D eigenvalue weighted by molar-refractivity contribution is 7.88. The maximum atomic E-state index is 11.4. The number of nitrogens with one attached hydrogen (secondary N) is 1. The van der Waals surface area contributed by atoms with Crippen LogP contribution in [0.3, 0.4) is 0 Å². The fourth-order valence-electron chi connectivity index (χ4n) is 3.60. The van der Waals surface area contributed by atoms with Gasteiger partial charge in [-0.1, -0.05) is 24.3 Å². The second kappa shape index (κ2) is 7.07. The molecule has 2 aliphatic heterocycles. The lowest BCUT2D eigenvalue weighted by molar-refractivity contribution is -0.0201. The Balaban J connectivity index is 1.77. The van der Waals surface area contributed by atoms with Gasteiger partial charge in [0.25, 0.3) is 0 Å². The van der Waals surface area contributed by atoms with Crippen molar-refractivity contribution in [1.82, 2.24) is 9.62 Å². The van der Waals surface area contributed by atoms with Crippen molar-refractivity contribution >= 4 is 10.0 Å². The summed E-state index contributed by atoms with van der Waals surface area (Å²) in [5.74, 6) is 0. The van der Waals surface area contributed by atoms with Gasteiger partial charge < -0.3 is 14.9 Å². The molecular weight excluding hydrogens is 332 g/mol. The zero-order valence-electron chi connectivity index (χ0n) is 13.6. The van der Waals surface area contributed by atoms with Gasteiger partial charge in [0.1, 0.15) is 12.2 Å². The number of hydrogen-bond acceptors (Lipinski definition) is 6. The van der Waals surface area contributed by atoms with E-state index in [1.165, 1.54) is 11.1 Å². The minimum Gasteiger partial charge on any atom is -0.394 e. The van der Waals surface area contributed by atoms with Crippen molar-refractivity contribution in [1.29, 1.82) is 0 Å². The second-order valence-electron chi connectivity index (χ2n) is 6.49. The minimum absolute atomic E-state index is 0.0786. The number of fused-ring (bicyclic) bond motifs is 1. The van der Waals surface area contributed by atoms with Crippen molar-refractivity contribution in [3.63, 3.8) is 0 Å². The van der Waals surface area contributed by atoms with Crippen LogP contribution in [-0.4, -0.2) is 73.8 Å². The Morgan fingerprint density at radius 3 is 2.67 bits per heavy atom. The Kier molecular flexibility index (Phi) is 5.24. The Morgan fingerprint density at radius 2 is 2.00 bits per heavy atom. The van der Waals surface area contributed by atoms with Crippen LogP contribution in [0.5, 0.6) is 0 Å². The van der Waals surface area contributed by atoms with Gasteiger partial charge >= 0.3 is 0 Å². The summed E-state index contributed by atoms with van der Waals surface area (Å²) in [4.78, 5) is 2.12. The summed E-state index contributed by atoms with van der Waals surface area (Å²) in [6, 6.07) is 7.82. The van der Waals surface area contributed by atoms with E-state index in [4.69, 9.17) is 4.74 Å². The predicted molar refractivity (Wildman–Crippen MR) is 88.9 cm³/mol. The fourth-order valence-corrected chi connectivity index (χ4v) is 4.07. The summed E-state index contributed by atoms with van der Waals surface area (Å²) in [7, 11) is -3.35. The van der Waals surface area contributed by atoms with Gasteiger partial charge in [-0.3, -0.25) is 4.90 Å². The molecule has 2 aliphatic rings. The third-order valence-corrected chi connectivity index (χ3v) is 5.46. The molecule has 0 amide bonds. The van der Waals surface area contributed by atoms with Crippen molar-refractivity contribution in [3.8, 4) is 0 Å². The molecule has 4 atom stereocenters. The van der Waals surface area contributed by atoms with E-state index in [9.17, 15) is 18.6 Å². The van der Waals surface area contributed by atoms with Crippen molar-refractivity contribution in [2.45, 2.75) is 37.3 Å². The van der Waals surface area contributed by atoms with E-state index in [-0.39, 0.29) is 19.2 Å². The summed E-state index contributed by atoms with van der Waals surface area (Å²) >= 11 is 0. The van der Waals surface area contributed by atoms with Gasteiger partial charge in [-0.25, -0.2) is 13.1 Å². The summed E-state index contributed by atoms with van der Waals surface area (Å²) in [6.07, 6.45) is -0.0917. The Morgan fingerprint density at radius 1 is 1.29 bits per heavy atom. The van der Waals surface area contributed by atoms with Crippen LogP contribution in [0.25, 0.3) is 0 Å². The maximum absolute atomic E-state index is 11.4. The molecule has 0 aromatic heterocycles. The summed E-state index contributed by atoms with van der Waals surface area (Å²) in [6.45, 7) is 1.22. The quantitative estimate of drug-likeness (QED) is 0.631. The molecule has 7 nitrogen and oxygen atoms in total. The molecule has 8 heteroatoms. The molecule has 1 aromatic carbocycles. The van der Waals surface area contributed by atoms with Crippen LogP contribution in [0.15, 0.2) is 24.3 Å². The van der Waals surface area contributed by atoms with Crippen LogP contribution in [0.1, 0.15) is 11.1 Å². The maximum Gasteiger partial charge on any atom is 0.208 e. The number of benzene rings is 1. The molecule has 1 saturated heterocycles. The molecule has 0 unspecified atom stereocenters. The minimum atomic E-state index is -3.35. The van der Waals surface area contributed by atoms with Gasteiger partial charge in [0.15, 0.2) is 0 Å². The number of sulfonamides is 1. The number of aliphatic hydroxyl groups is 2. The molecule has 0 spiro atoms. The van der Waals surface area contributed by atoms with Gasteiger partial charge in [-0.05, 0) is 17.5 Å². The molecule has 0 bridgehead atoms. The first-order chi connectivity index (χ1) is 11.4. The van der Waals surface area contributed by atoms with E-state index in [0.29, 0.717) is 6.54 Å². The summed E-state index contributed by atoms with van der Waals surface area (Å²) in [5, 5.41) is 20.0. The van der Waals surface area contributed by atoms with E-state index in [1.54, 1.807) is 0 Å². The van der Waals surface area contributed by atoms with E-state index in [2.05, 4.69) is 21.8 Å². The molecule has 1 aromatic rings. The zero-order valence-corrected chi connectivity index (χ0v) is 14.4. The first kappa shape index (κ1) is 17.8. The highest BCUT2D eigenvalue weighted by Gasteiger charge is 2.46. The first-order valence-electron chi connectivity index (χ1n) is 8.09. The average Bonchev–Trinajstić information content (AvgIpc) is 2.87. The number of nitrogens with zero attached hydrogens (tertiary/aromatic N) is 1. The van der Waals surface area contributed by atoms with Crippen molar-refractivity contribution in [3.05, 3.63) is 35.4 Å². The van der Waals surface area contributed by atoms with Crippen LogP contribution in [0.2, 0.25) is 0 Å². The molecule has 3 rings (SSSR count). The largest absolute Gasteiger partial charge is 0.394 e. The molecule has 2 heterocycles. The zero-order chi connectivity index (χ0) is 17.3. The highest BCUT2D eigenvalue weighted by Crippen LogP contribution is 2.30. The molecule has 1 fully saturated rings. The van der Waals surface area contributed by atoms with Crippen LogP contribution >= 0.6 is 0 Å². The van der Waals surface area contributed by atoms with Crippen molar-refractivity contribution < 1.29 is 23.4 Å². The number of hydrogen-bond donors (Lipinski definition) is 3. The normalized spacial score (nSPS) is 31.1. The lowest BCUT2D eigenvalue weighted by Crippen LogP contribution is -2.52. The molecular formula is C16H24N2O5S. The van der Waals surface area contributed by atoms with Gasteiger partial charge in [-0.15, -0.1) is 0 Å². The molecule has 0 saturated carbocycles. The Hall–Kier alpha value is -1.03. The molecule has 0 radical (unpaired) electrons. The third-order valence-electron chi connectivity index (χ3n) is 4.77. The number of aliphatic hydroxyl groups excluding tert-OH is 2. The van der Waals surface area contributed by atoms with Crippen LogP contribution in [-0.2, 0) is 27.7 Å². The van der Waals surface area contributed by atoms with Crippen LogP contribution < -0.4 is 4.72 Å². The summed E-state index contributed by atoms with van der Waals surface area (Å²) in [5.41, 5.74) is 2.50.